The first-order valence-electron chi connectivity index (χ1n) is 10.4. The van der Waals surface area contributed by atoms with Gasteiger partial charge in [-0.3, -0.25) is 5.32 Å². The number of anilines is 2. The molecule has 0 unspecified atom stereocenters. The summed E-state index contributed by atoms with van der Waals surface area (Å²) in [5.74, 6) is 0.608. The van der Waals surface area contributed by atoms with Gasteiger partial charge in [-0.1, -0.05) is 18.2 Å². The predicted molar refractivity (Wildman–Crippen MR) is 124 cm³/mol. The van der Waals surface area contributed by atoms with Gasteiger partial charge in [0.25, 0.3) is 0 Å². The Bertz CT molecular complexity index is 1460. The zero-order valence-electron chi connectivity index (χ0n) is 17.3. The van der Waals surface area contributed by atoms with Crippen LogP contribution in [0.2, 0.25) is 0 Å². The van der Waals surface area contributed by atoms with Crippen LogP contribution >= 0.6 is 0 Å². The molecule has 1 aliphatic heterocycles. The minimum absolute atomic E-state index is 0.138. The van der Waals surface area contributed by atoms with Crippen LogP contribution in [0.15, 0.2) is 76.3 Å². The highest BCUT2D eigenvalue weighted by atomic mass is 16.4. The van der Waals surface area contributed by atoms with Gasteiger partial charge in [0.15, 0.2) is 12.2 Å². The number of hydrogen-bond acceptors (Lipinski definition) is 7. The number of aromatic nitrogens is 3. The lowest BCUT2D eigenvalue weighted by molar-refractivity contribution is 0.261. The Labute approximate surface area is 187 Å². The van der Waals surface area contributed by atoms with E-state index in [-0.39, 0.29) is 6.01 Å². The number of rotatable bonds is 5. The Balaban J connectivity index is 1.11. The molecule has 0 saturated carbocycles. The van der Waals surface area contributed by atoms with E-state index in [2.05, 4.69) is 30.9 Å². The second-order valence-corrected chi connectivity index (χ2v) is 7.62. The van der Waals surface area contributed by atoms with Crippen molar-refractivity contribution in [1.82, 2.24) is 20.3 Å². The molecule has 0 bridgehead atoms. The number of oxazole rings is 2. The van der Waals surface area contributed by atoms with Crippen molar-refractivity contribution < 1.29 is 13.6 Å². The molecule has 0 spiro atoms. The van der Waals surface area contributed by atoms with E-state index >= 15 is 0 Å². The van der Waals surface area contributed by atoms with Crippen LogP contribution in [0.25, 0.3) is 27.9 Å². The fraction of sp³-hybridized carbons (Fsp3) is 0.0833. The van der Waals surface area contributed by atoms with Crippen molar-refractivity contribution >= 4 is 45.7 Å². The summed E-state index contributed by atoms with van der Waals surface area (Å²) in [6.45, 7) is 0.645. The Morgan fingerprint density at radius 1 is 1.03 bits per heavy atom. The molecule has 3 aromatic heterocycles. The lowest BCUT2D eigenvalue weighted by Gasteiger charge is -2.07. The number of nitrogens with one attached hydrogen (secondary N) is 3. The molecule has 4 heterocycles. The van der Waals surface area contributed by atoms with Crippen molar-refractivity contribution in [3.8, 4) is 0 Å². The quantitative estimate of drug-likeness (QED) is 0.414. The van der Waals surface area contributed by atoms with Crippen molar-refractivity contribution in [2.24, 2.45) is 0 Å². The third-order valence-electron chi connectivity index (χ3n) is 5.49. The molecule has 6 rings (SSSR count). The highest BCUT2D eigenvalue weighted by Crippen LogP contribution is 2.48. The molecule has 0 saturated heterocycles. The molecule has 162 valence electrons. The zero-order valence-corrected chi connectivity index (χ0v) is 17.3. The maximum Gasteiger partial charge on any atom is 0.327 e. The van der Waals surface area contributed by atoms with E-state index in [4.69, 9.17) is 8.83 Å². The number of benzene rings is 1. The fourth-order valence-corrected chi connectivity index (χ4v) is 3.81. The summed E-state index contributed by atoms with van der Waals surface area (Å²) in [6.07, 6.45) is 11.3. The number of allylic oxidation sites excluding steroid dienone is 4. The summed E-state index contributed by atoms with van der Waals surface area (Å²) in [7, 11) is 0. The summed E-state index contributed by atoms with van der Waals surface area (Å²) in [5.41, 5.74) is 7.57. The molecule has 33 heavy (non-hydrogen) atoms. The van der Waals surface area contributed by atoms with E-state index < -0.39 is 6.03 Å². The first-order chi connectivity index (χ1) is 16.2. The van der Waals surface area contributed by atoms with Gasteiger partial charge in [0.2, 0.25) is 5.71 Å². The third kappa shape index (κ3) is 3.76. The van der Waals surface area contributed by atoms with Crippen molar-refractivity contribution in [1.29, 1.82) is 0 Å². The lowest BCUT2D eigenvalue weighted by atomic mass is 10.1. The molecule has 2 aliphatic rings. The molecule has 2 amide bonds. The van der Waals surface area contributed by atoms with Crippen LogP contribution in [0.3, 0.4) is 0 Å². The number of carbonyl (C=O) groups excluding carboxylic acids is 1. The van der Waals surface area contributed by atoms with Crippen LogP contribution in [0.5, 0.6) is 0 Å². The van der Waals surface area contributed by atoms with Gasteiger partial charge < -0.3 is 19.5 Å². The molecule has 0 atom stereocenters. The Morgan fingerprint density at radius 3 is 2.79 bits per heavy atom. The third-order valence-corrected chi connectivity index (χ3v) is 5.49. The van der Waals surface area contributed by atoms with Gasteiger partial charge in [-0.15, -0.1) is 0 Å². The second-order valence-electron chi connectivity index (χ2n) is 7.62. The monoisotopic (exact) mass is 438 g/mol. The second kappa shape index (κ2) is 7.79. The van der Waals surface area contributed by atoms with E-state index in [0.717, 1.165) is 28.6 Å². The molecule has 9 heteroatoms. The number of nitrogens with zero attached hydrogens (tertiary/aromatic N) is 3. The summed E-state index contributed by atoms with van der Waals surface area (Å²) >= 11 is 0. The van der Waals surface area contributed by atoms with Crippen LogP contribution in [-0.4, -0.2) is 27.5 Å². The zero-order chi connectivity index (χ0) is 22.2. The van der Waals surface area contributed by atoms with Crippen LogP contribution in [0.1, 0.15) is 23.3 Å². The topological polar surface area (TPSA) is 118 Å². The first kappa shape index (κ1) is 19.1. The van der Waals surface area contributed by atoms with Gasteiger partial charge in [0.05, 0.1) is 6.20 Å². The van der Waals surface area contributed by atoms with Crippen molar-refractivity contribution in [2.45, 2.75) is 6.42 Å². The summed E-state index contributed by atoms with van der Waals surface area (Å²) in [4.78, 5) is 24.9. The normalized spacial score (nSPS) is 14.7. The standard InChI is InChI=1S/C24H18N6O3/c31-23(30-24-27-12-20(33-24)15-2-1-8-25-11-15)29-16-5-3-14(4-6-16)18-10-19(18)17-7-9-26-22-21(17)28-13-32-22/h1-9,12-13,25H,10-11H2,(H2,27,29,30,31). The minimum atomic E-state index is -0.427. The van der Waals surface area contributed by atoms with Gasteiger partial charge in [0.1, 0.15) is 5.52 Å². The summed E-state index contributed by atoms with van der Waals surface area (Å²) in [6, 6.07) is 9.36. The van der Waals surface area contributed by atoms with E-state index in [9.17, 15) is 4.79 Å². The largest absolute Gasteiger partial charge is 0.425 e. The fourth-order valence-electron chi connectivity index (χ4n) is 3.81. The number of amides is 2. The number of fused-ring (bicyclic) bond motifs is 1. The van der Waals surface area contributed by atoms with Crippen molar-refractivity contribution in [3.63, 3.8) is 0 Å². The average molecular weight is 438 g/mol. The van der Waals surface area contributed by atoms with E-state index in [1.807, 2.05) is 48.7 Å². The number of carbonyl (C=O) groups is 1. The van der Waals surface area contributed by atoms with Gasteiger partial charge in [-0.25, -0.2) is 19.7 Å². The Morgan fingerprint density at radius 2 is 1.94 bits per heavy atom. The van der Waals surface area contributed by atoms with E-state index in [0.29, 0.717) is 23.7 Å². The van der Waals surface area contributed by atoms with Gasteiger partial charge in [0, 0.05) is 29.6 Å². The van der Waals surface area contributed by atoms with Crippen LogP contribution in [0, 0.1) is 0 Å². The highest BCUT2D eigenvalue weighted by molar-refractivity contribution is 6.11. The minimum Gasteiger partial charge on any atom is -0.425 e. The SMILES string of the molecule is O=C(Nc1ccc(C2=C(c3ccnc4ocnc34)C2)cc1)Nc1ncc(C2=CC=CNC2)o1. The smallest absolute Gasteiger partial charge is 0.327 e. The lowest BCUT2D eigenvalue weighted by Crippen LogP contribution is -2.19. The molecule has 1 aliphatic carbocycles. The summed E-state index contributed by atoms with van der Waals surface area (Å²) in [5, 5.41) is 8.51. The molecule has 0 radical (unpaired) electrons. The van der Waals surface area contributed by atoms with E-state index in [1.165, 1.54) is 17.5 Å². The molecule has 1 aromatic carbocycles. The molecule has 3 N–H and O–H groups in total. The van der Waals surface area contributed by atoms with Gasteiger partial charge in [-0.2, -0.15) is 0 Å². The highest BCUT2D eigenvalue weighted by Gasteiger charge is 2.27. The molecular weight excluding hydrogens is 420 g/mol. The van der Waals surface area contributed by atoms with Gasteiger partial charge >= 0.3 is 12.0 Å². The van der Waals surface area contributed by atoms with Crippen LogP contribution in [-0.2, 0) is 0 Å². The number of dihydropyridines is 1. The average Bonchev–Trinajstić information content (AvgIpc) is 3.24. The van der Waals surface area contributed by atoms with Crippen LogP contribution < -0.4 is 16.0 Å². The summed E-state index contributed by atoms with van der Waals surface area (Å²) < 4.78 is 10.9. The predicted octanol–water partition coefficient (Wildman–Crippen LogP) is 4.67. The van der Waals surface area contributed by atoms with Crippen molar-refractivity contribution in [2.75, 3.05) is 17.2 Å². The Kier molecular flexibility index (Phi) is 4.50. The van der Waals surface area contributed by atoms with E-state index in [1.54, 1.807) is 12.4 Å². The maximum atomic E-state index is 12.3. The van der Waals surface area contributed by atoms with Crippen molar-refractivity contribution in [3.05, 3.63) is 84.4 Å². The van der Waals surface area contributed by atoms with Gasteiger partial charge in [-0.05, 0) is 53.6 Å². The molecule has 4 aromatic rings. The molecule has 0 fully saturated rings. The number of urea groups is 1. The Hall–Kier alpha value is -4.66. The number of hydrogen-bond donors (Lipinski definition) is 3. The molecular formula is C24H18N6O3. The number of pyridine rings is 1. The maximum absolute atomic E-state index is 12.3. The molecule has 9 nitrogen and oxygen atoms in total. The van der Waals surface area contributed by atoms with Crippen LogP contribution in [0.4, 0.5) is 16.5 Å². The first-order valence-corrected chi connectivity index (χ1v) is 10.4.